The molecule has 3 rings (SSSR count). The normalized spacial score (nSPS) is 14.3. The minimum absolute atomic E-state index is 0.0284. The first kappa shape index (κ1) is 19.1. The molecule has 1 fully saturated rings. The molecule has 0 unspecified atom stereocenters. The number of piperazine rings is 1. The van der Waals surface area contributed by atoms with E-state index in [1.165, 1.54) is 5.69 Å². The van der Waals surface area contributed by atoms with Crippen molar-refractivity contribution in [1.29, 1.82) is 0 Å². The second-order valence-electron chi connectivity index (χ2n) is 6.88. The van der Waals surface area contributed by atoms with Crippen LogP contribution in [0.15, 0.2) is 42.5 Å². The molecule has 0 radical (unpaired) electrons. The van der Waals surface area contributed by atoms with Crippen LogP contribution in [0.3, 0.4) is 0 Å². The molecule has 144 valence electrons. The second kappa shape index (κ2) is 9.35. The highest BCUT2D eigenvalue weighted by Gasteiger charge is 2.23. The van der Waals surface area contributed by atoms with Gasteiger partial charge in [-0.3, -0.25) is 4.79 Å². The van der Waals surface area contributed by atoms with Gasteiger partial charge in [-0.1, -0.05) is 32.0 Å². The van der Waals surface area contributed by atoms with Crippen molar-refractivity contribution < 1.29 is 4.79 Å². The number of hydrogen-bond acceptors (Lipinski definition) is 5. The lowest BCUT2D eigenvalue weighted by Crippen LogP contribution is -2.49. The zero-order chi connectivity index (χ0) is 19.1. The SMILES string of the molecule is CCCN(CCC)c1ccc(C(=O)N2CCN(c3ccccc3)CC2)nn1. The molecule has 0 bridgehead atoms. The van der Waals surface area contributed by atoms with Crippen molar-refractivity contribution in [1.82, 2.24) is 15.1 Å². The molecule has 6 nitrogen and oxygen atoms in total. The average molecular weight is 367 g/mol. The van der Waals surface area contributed by atoms with Crippen LogP contribution in [0.4, 0.5) is 11.5 Å². The molecule has 0 saturated carbocycles. The Kier molecular flexibility index (Phi) is 6.63. The fourth-order valence-corrected chi connectivity index (χ4v) is 3.46. The zero-order valence-electron chi connectivity index (χ0n) is 16.3. The van der Waals surface area contributed by atoms with E-state index in [1.807, 2.05) is 35.2 Å². The van der Waals surface area contributed by atoms with Crippen LogP contribution in [-0.4, -0.2) is 60.3 Å². The van der Waals surface area contributed by atoms with Crippen molar-refractivity contribution in [2.45, 2.75) is 26.7 Å². The van der Waals surface area contributed by atoms with E-state index in [2.05, 4.69) is 46.0 Å². The standard InChI is InChI=1S/C21H29N5O/c1-3-12-25(13-4-2)20-11-10-19(22-23-20)21(27)26-16-14-24(15-17-26)18-8-6-5-7-9-18/h5-11H,3-4,12-17H2,1-2H3. The van der Waals surface area contributed by atoms with Crippen LogP contribution >= 0.6 is 0 Å². The molecule has 1 aromatic heterocycles. The number of carbonyl (C=O) groups excluding carboxylic acids is 1. The molecule has 2 heterocycles. The number of rotatable bonds is 7. The highest BCUT2D eigenvalue weighted by Crippen LogP contribution is 2.17. The fourth-order valence-electron chi connectivity index (χ4n) is 3.46. The Labute approximate surface area is 161 Å². The molecule has 0 spiro atoms. The van der Waals surface area contributed by atoms with Crippen LogP contribution in [0.5, 0.6) is 0 Å². The first-order chi connectivity index (χ1) is 13.2. The lowest BCUT2D eigenvalue weighted by Gasteiger charge is -2.35. The topological polar surface area (TPSA) is 52.6 Å². The van der Waals surface area contributed by atoms with Crippen molar-refractivity contribution in [2.24, 2.45) is 0 Å². The quantitative estimate of drug-likeness (QED) is 0.753. The minimum Gasteiger partial charge on any atom is -0.368 e. The maximum atomic E-state index is 12.8. The molecule has 0 aliphatic carbocycles. The van der Waals surface area contributed by atoms with Crippen molar-refractivity contribution in [3.05, 3.63) is 48.2 Å². The third kappa shape index (κ3) is 4.76. The van der Waals surface area contributed by atoms with Gasteiger partial charge in [0.05, 0.1) is 0 Å². The van der Waals surface area contributed by atoms with Gasteiger partial charge in [0.1, 0.15) is 0 Å². The van der Waals surface area contributed by atoms with Crippen LogP contribution in [-0.2, 0) is 0 Å². The monoisotopic (exact) mass is 367 g/mol. The number of amides is 1. The Balaban J connectivity index is 1.60. The third-order valence-corrected chi connectivity index (χ3v) is 4.87. The van der Waals surface area contributed by atoms with Gasteiger partial charge < -0.3 is 14.7 Å². The molecule has 0 N–H and O–H groups in total. The zero-order valence-corrected chi connectivity index (χ0v) is 16.3. The molecule has 0 atom stereocenters. The molecule has 1 aliphatic rings. The smallest absolute Gasteiger partial charge is 0.274 e. The summed E-state index contributed by atoms with van der Waals surface area (Å²) >= 11 is 0. The van der Waals surface area contributed by atoms with E-state index in [9.17, 15) is 4.79 Å². The third-order valence-electron chi connectivity index (χ3n) is 4.87. The molecule has 1 amide bonds. The number of nitrogens with zero attached hydrogens (tertiary/aromatic N) is 5. The van der Waals surface area contributed by atoms with Gasteiger partial charge in [-0.15, -0.1) is 10.2 Å². The van der Waals surface area contributed by atoms with E-state index in [0.29, 0.717) is 18.8 Å². The molecule has 1 aromatic carbocycles. The summed E-state index contributed by atoms with van der Waals surface area (Å²) in [5, 5.41) is 8.53. The lowest BCUT2D eigenvalue weighted by atomic mass is 10.2. The van der Waals surface area contributed by atoms with Gasteiger partial charge in [0, 0.05) is 45.0 Å². The number of anilines is 2. The summed E-state index contributed by atoms with van der Waals surface area (Å²) in [5.74, 6) is 0.823. The Morgan fingerprint density at radius 3 is 2.15 bits per heavy atom. The van der Waals surface area contributed by atoms with E-state index < -0.39 is 0 Å². The van der Waals surface area contributed by atoms with Crippen LogP contribution in [0.25, 0.3) is 0 Å². The lowest BCUT2D eigenvalue weighted by molar-refractivity contribution is 0.0739. The van der Waals surface area contributed by atoms with E-state index >= 15 is 0 Å². The highest BCUT2D eigenvalue weighted by molar-refractivity contribution is 5.92. The van der Waals surface area contributed by atoms with Crippen molar-refractivity contribution in [3.8, 4) is 0 Å². The Bertz CT molecular complexity index is 705. The van der Waals surface area contributed by atoms with Gasteiger partial charge >= 0.3 is 0 Å². The van der Waals surface area contributed by atoms with Gasteiger partial charge in [0.25, 0.3) is 5.91 Å². The van der Waals surface area contributed by atoms with Crippen molar-refractivity contribution in [2.75, 3.05) is 49.1 Å². The molecule has 2 aromatic rings. The van der Waals surface area contributed by atoms with Crippen LogP contribution in [0.1, 0.15) is 37.2 Å². The fraction of sp³-hybridized carbons (Fsp3) is 0.476. The molecule has 6 heteroatoms. The number of carbonyl (C=O) groups is 1. The highest BCUT2D eigenvalue weighted by atomic mass is 16.2. The summed E-state index contributed by atoms with van der Waals surface area (Å²) in [6.07, 6.45) is 2.13. The van der Waals surface area contributed by atoms with Gasteiger partial charge in [-0.2, -0.15) is 0 Å². The number of hydrogen-bond donors (Lipinski definition) is 0. The molecular formula is C21H29N5O. The summed E-state index contributed by atoms with van der Waals surface area (Å²) in [6.45, 7) is 9.30. The van der Waals surface area contributed by atoms with E-state index in [-0.39, 0.29) is 5.91 Å². The van der Waals surface area contributed by atoms with Crippen LogP contribution in [0, 0.1) is 0 Å². The summed E-state index contributed by atoms with van der Waals surface area (Å²) in [6, 6.07) is 14.1. The molecule has 27 heavy (non-hydrogen) atoms. The summed E-state index contributed by atoms with van der Waals surface area (Å²) in [7, 11) is 0. The second-order valence-corrected chi connectivity index (χ2v) is 6.88. The predicted octanol–water partition coefficient (Wildman–Crippen LogP) is 3.07. The summed E-state index contributed by atoms with van der Waals surface area (Å²) in [4.78, 5) is 19.2. The van der Waals surface area contributed by atoms with E-state index in [1.54, 1.807) is 0 Å². The van der Waals surface area contributed by atoms with E-state index in [4.69, 9.17) is 0 Å². The van der Waals surface area contributed by atoms with E-state index in [0.717, 1.165) is 44.8 Å². The van der Waals surface area contributed by atoms with Gasteiger partial charge in [0.2, 0.25) is 0 Å². The van der Waals surface area contributed by atoms with Gasteiger partial charge in [-0.05, 0) is 37.1 Å². The molecular weight excluding hydrogens is 338 g/mol. The van der Waals surface area contributed by atoms with Crippen molar-refractivity contribution >= 4 is 17.4 Å². The molecule has 1 aliphatic heterocycles. The Morgan fingerprint density at radius 1 is 0.926 bits per heavy atom. The Morgan fingerprint density at radius 2 is 1.59 bits per heavy atom. The summed E-state index contributed by atoms with van der Waals surface area (Å²) < 4.78 is 0. The first-order valence-corrected chi connectivity index (χ1v) is 9.91. The minimum atomic E-state index is -0.0284. The first-order valence-electron chi connectivity index (χ1n) is 9.91. The summed E-state index contributed by atoms with van der Waals surface area (Å²) in [5.41, 5.74) is 1.64. The Hall–Kier alpha value is -2.63. The maximum Gasteiger partial charge on any atom is 0.274 e. The van der Waals surface area contributed by atoms with Gasteiger partial charge in [-0.25, -0.2) is 0 Å². The van der Waals surface area contributed by atoms with Crippen molar-refractivity contribution in [3.63, 3.8) is 0 Å². The van der Waals surface area contributed by atoms with Crippen LogP contribution in [0.2, 0.25) is 0 Å². The number of benzene rings is 1. The maximum absolute atomic E-state index is 12.8. The largest absolute Gasteiger partial charge is 0.368 e. The number of aromatic nitrogens is 2. The predicted molar refractivity (Wildman–Crippen MR) is 109 cm³/mol. The number of para-hydroxylation sites is 1. The average Bonchev–Trinajstić information content (AvgIpc) is 2.74. The molecule has 1 saturated heterocycles. The van der Waals surface area contributed by atoms with Crippen LogP contribution < -0.4 is 9.80 Å². The van der Waals surface area contributed by atoms with Gasteiger partial charge in [0.15, 0.2) is 11.5 Å².